The van der Waals surface area contributed by atoms with Crippen LogP contribution < -0.4 is 11.0 Å². The molecule has 4 rings (SSSR count). The molecule has 0 aliphatic carbocycles. The van der Waals surface area contributed by atoms with Gasteiger partial charge < -0.3 is 10.3 Å². The molecular weight excluding hydrogens is 286 g/mol. The van der Waals surface area contributed by atoms with E-state index in [0.29, 0.717) is 6.54 Å². The number of aromatic nitrogens is 2. The first-order valence-electron chi connectivity index (χ1n) is 8.20. The number of imidazole rings is 1. The lowest BCUT2D eigenvalue weighted by molar-refractivity contribution is 0.706. The summed E-state index contributed by atoms with van der Waals surface area (Å²) in [6, 6.07) is 8.56. The highest BCUT2D eigenvalue weighted by Gasteiger charge is 2.24. The maximum atomic E-state index is 12.4. The minimum absolute atomic E-state index is 0.0104. The van der Waals surface area contributed by atoms with E-state index in [1.54, 1.807) is 0 Å². The van der Waals surface area contributed by atoms with Gasteiger partial charge in [0.2, 0.25) is 0 Å². The molecule has 0 radical (unpaired) electrons. The molecule has 1 aliphatic heterocycles. The molecule has 0 fully saturated rings. The van der Waals surface area contributed by atoms with E-state index < -0.39 is 0 Å². The molecule has 0 amide bonds. The molecule has 0 unspecified atom stereocenters. The first kappa shape index (κ1) is 14.1. The number of benzene rings is 2. The first-order chi connectivity index (χ1) is 11.1. The lowest BCUT2D eigenvalue weighted by Crippen LogP contribution is -2.25. The Morgan fingerprint density at radius 3 is 2.61 bits per heavy atom. The van der Waals surface area contributed by atoms with Crippen LogP contribution in [0.5, 0.6) is 0 Å². The Kier molecular flexibility index (Phi) is 3.08. The quantitative estimate of drug-likeness (QED) is 0.760. The van der Waals surface area contributed by atoms with Gasteiger partial charge in [0.1, 0.15) is 0 Å². The summed E-state index contributed by atoms with van der Waals surface area (Å²) in [4.78, 5) is 15.5. The number of hydrogen-bond acceptors (Lipinski definition) is 2. The summed E-state index contributed by atoms with van der Waals surface area (Å²) in [6.07, 6.45) is 0.937. The van der Waals surface area contributed by atoms with Gasteiger partial charge in [-0.15, -0.1) is 0 Å². The van der Waals surface area contributed by atoms with E-state index in [4.69, 9.17) is 0 Å². The van der Waals surface area contributed by atoms with Crippen molar-refractivity contribution in [1.29, 1.82) is 0 Å². The number of nitrogens with one attached hydrogen (secondary N) is 2. The van der Waals surface area contributed by atoms with Crippen molar-refractivity contribution in [2.24, 2.45) is 0 Å². The van der Waals surface area contributed by atoms with Crippen LogP contribution in [-0.4, -0.2) is 16.1 Å². The summed E-state index contributed by atoms with van der Waals surface area (Å²) in [5.41, 5.74) is 9.22. The summed E-state index contributed by atoms with van der Waals surface area (Å²) >= 11 is 0. The van der Waals surface area contributed by atoms with Crippen LogP contribution in [0.2, 0.25) is 0 Å². The number of aryl methyl sites for hydroxylation is 1. The molecule has 2 aromatic carbocycles. The SMILES string of the molecule is CCc1c(C)c2c3c([nH]c(=O)n3CCN2)c1-c1ccc(C)cc1. The van der Waals surface area contributed by atoms with Crippen molar-refractivity contribution >= 4 is 16.7 Å². The zero-order valence-electron chi connectivity index (χ0n) is 13.8. The predicted octanol–water partition coefficient (Wildman–Crippen LogP) is 3.60. The molecule has 118 valence electrons. The van der Waals surface area contributed by atoms with E-state index in [-0.39, 0.29) is 5.69 Å². The molecule has 1 aliphatic rings. The van der Waals surface area contributed by atoms with Gasteiger partial charge >= 0.3 is 5.69 Å². The van der Waals surface area contributed by atoms with Crippen LogP contribution in [0.3, 0.4) is 0 Å². The molecule has 4 nitrogen and oxygen atoms in total. The number of H-pyrrole nitrogens is 1. The number of aromatic amines is 1. The molecule has 0 atom stereocenters. The van der Waals surface area contributed by atoms with E-state index in [1.165, 1.54) is 27.8 Å². The smallest absolute Gasteiger partial charge is 0.326 e. The average molecular weight is 307 g/mol. The highest BCUT2D eigenvalue weighted by atomic mass is 16.1. The maximum absolute atomic E-state index is 12.4. The third-order valence-corrected chi connectivity index (χ3v) is 4.93. The fraction of sp³-hybridized carbons (Fsp3) is 0.316. The monoisotopic (exact) mass is 307 g/mol. The van der Waals surface area contributed by atoms with E-state index in [2.05, 4.69) is 55.3 Å². The predicted molar refractivity (Wildman–Crippen MR) is 95.3 cm³/mol. The van der Waals surface area contributed by atoms with E-state index in [0.717, 1.165) is 29.7 Å². The summed E-state index contributed by atoms with van der Waals surface area (Å²) in [7, 11) is 0. The fourth-order valence-electron chi connectivity index (χ4n) is 3.78. The Balaban J connectivity index is 2.17. The van der Waals surface area contributed by atoms with Crippen molar-refractivity contribution in [2.45, 2.75) is 33.7 Å². The number of anilines is 1. The standard InChI is InChI=1S/C19H21N3O/c1-4-14-12(3)16-18-17(21-19(23)22(18)10-9-20-16)15(14)13-7-5-11(2)6-8-13/h5-8,20H,4,9-10H2,1-3H3,(H,21,23). The molecule has 4 heteroatoms. The third kappa shape index (κ3) is 1.94. The van der Waals surface area contributed by atoms with Crippen molar-refractivity contribution in [1.82, 2.24) is 9.55 Å². The molecule has 0 bridgehead atoms. The zero-order valence-corrected chi connectivity index (χ0v) is 13.8. The Morgan fingerprint density at radius 2 is 1.91 bits per heavy atom. The van der Waals surface area contributed by atoms with Crippen LogP contribution in [0.4, 0.5) is 5.69 Å². The number of rotatable bonds is 2. The van der Waals surface area contributed by atoms with Crippen molar-refractivity contribution in [3.05, 3.63) is 51.4 Å². The van der Waals surface area contributed by atoms with Crippen LogP contribution in [0, 0.1) is 13.8 Å². The second kappa shape index (κ2) is 5.01. The molecule has 0 saturated carbocycles. The number of nitrogens with zero attached hydrogens (tertiary/aromatic N) is 1. The Morgan fingerprint density at radius 1 is 1.17 bits per heavy atom. The van der Waals surface area contributed by atoms with Crippen molar-refractivity contribution in [3.8, 4) is 11.1 Å². The third-order valence-electron chi connectivity index (χ3n) is 4.93. The van der Waals surface area contributed by atoms with Gasteiger partial charge in [0.25, 0.3) is 0 Å². The highest BCUT2D eigenvalue weighted by molar-refractivity contribution is 6.03. The number of hydrogen-bond donors (Lipinski definition) is 2. The van der Waals surface area contributed by atoms with Crippen molar-refractivity contribution < 1.29 is 0 Å². The van der Waals surface area contributed by atoms with Crippen LogP contribution in [0.25, 0.3) is 22.2 Å². The molecule has 23 heavy (non-hydrogen) atoms. The minimum Gasteiger partial charge on any atom is -0.381 e. The topological polar surface area (TPSA) is 49.8 Å². The Bertz CT molecular complexity index is 961. The minimum atomic E-state index is -0.0104. The van der Waals surface area contributed by atoms with Gasteiger partial charge in [0.15, 0.2) is 0 Å². The van der Waals surface area contributed by atoms with Gasteiger partial charge in [-0.25, -0.2) is 4.79 Å². The lowest BCUT2D eigenvalue weighted by atomic mass is 9.90. The average Bonchev–Trinajstić information content (AvgIpc) is 2.89. The second-order valence-electron chi connectivity index (χ2n) is 6.31. The van der Waals surface area contributed by atoms with Crippen LogP contribution in [0.1, 0.15) is 23.6 Å². The van der Waals surface area contributed by atoms with Gasteiger partial charge in [-0.05, 0) is 37.0 Å². The second-order valence-corrected chi connectivity index (χ2v) is 6.31. The summed E-state index contributed by atoms with van der Waals surface area (Å²) < 4.78 is 1.87. The molecule has 2 N–H and O–H groups in total. The summed E-state index contributed by atoms with van der Waals surface area (Å²) in [5, 5.41) is 3.49. The van der Waals surface area contributed by atoms with Gasteiger partial charge in [0, 0.05) is 18.7 Å². The van der Waals surface area contributed by atoms with Crippen LogP contribution in [0.15, 0.2) is 29.1 Å². The molecule has 0 saturated heterocycles. The van der Waals surface area contributed by atoms with Gasteiger partial charge in [0.05, 0.1) is 16.7 Å². The molecule has 1 aromatic heterocycles. The van der Waals surface area contributed by atoms with Gasteiger partial charge in [-0.3, -0.25) is 4.57 Å². The van der Waals surface area contributed by atoms with E-state index in [9.17, 15) is 4.79 Å². The zero-order chi connectivity index (χ0) is 16.1. The molecule has 2 heterocycles. The fourth-order valence-corrected chi connectivity index (χ4v) is 3.78. The lowest BCUT2D eigenvalue weighted by Gasteiger charge is -2.23. The molecular formula is C19H21N3O. The Hall–Kier alpha value is -2.49. The summed E-state index contributed by atoms with van der Waals surface area (Å²) in [6.45, 7) is 7.94. The molecule has 0 spiro atoms. The van der Waals surface area contributed by atoms with Crippen molar-refractivity contribution in [3.63, 3.8) is 0 Å². The van der Waals surface area contributed by atoms with Crippen molar-refractivity contribution in [2.75, 3.05) is 11.9 Å². The van der Waals surface area contributed by atoms with Gasteiger partial charge in [-0.2, -0.15) is 0 Å². The highest BCUT2D eigenvalue weighted by Crippen LogP contribution is 2.40. The van der Waals surface area contributed by atoms with Crippen LogP contribution in [-0.2, 0) is 13.0 Å². The van der Waals surface area contributed by atoms with E-state index in [1.807, 2.05) is 4.57 Å². The largest absolute Gasteiger partial charge is 0.381 e. The first-order valence-corrected chi connectivity index (χ1v) is 8.20. The van der Waals surface area contributed by atoms with E-state index >= 15 is 0 Å². The Labute approximate surface area is 135 Å². The van der Waals surface area contributed by atoms with Gasteiger partial charge in [-0.1, -0.05) is 36.8 Å². The summed E-state index contributed by atoms with van der Waals surface area (Å²) in [5.74, 6) is 0. The normalized spacial score (nSPS) is 13.3. The van der Waals surface area contributed by atoms with Crippen LogP contribution >= 0.6 is 0 Å². The molecule has 3 aromatic rings. The maximum Gasteiger partial charge on any atom is 0.326 e.